The molecule has 1 aliphatic rings. The molecule has 4 aromatic heterocycles. The zero-order valence-electron chi connectivity index (χ0n) is 20.6. The van der Waals surface area contributed by atoms with Crippen molar-refractivity contribution in [1.82, 2.24) is 29.8 Å². The highest BCUT2D eigenvalue weighted by Gasteiger charge is 2.37. The molecule has 12 heteroatoms. The van der Waals surface area contributed by atoms with Gasteiger partial charge in [-0.2, -0.15) is 0 Å². The number of anilines is 3. The Hall–Kier alpha value is -4.45. The predicted octanol–water partition coefficient (Wildman–Crippen LogP) is 4.05. The molecule has 37 heavy (non-hydrogen) atoms. The Kier molecular flexibility index (Phi) is 5.72. The molecule has 1 aliphatic heterocycles. The molecular weight excluding hydrogens is 488 g/mol. The average molecular weight is 515 g/mol. The van der Waals surface area contributed by atoms with Crippen LogP contribution in [0.1, 0.15) is 29.9 Å². The number of benzene rings is 1. The zero-order valence-corrected chi connectivity index (χ0v) is 21.4. The predicted molar refractivity (Wildman–Crippen MR) is 146 cm³/mol. The minimum absolute atomic E-state index is 0.0638. The molecule has 0 bridgehead atoms. The molecule has 0 fully saturated rings. The van der Waals surface area contributed by atoms with Crippen LogP contribution in [0, 0.1) is 6.92 Å². The van der Waals surface area contributed by atoms with Crippen LogP contribution in [0.15, 0.2) is 55.1 Å². The van der Waals surface area contributed by atoms with Gasteiger partial charge in [-0.1, -0.05) is 29.5 Å². The molecule has 1 aromatic carbocycles. The van der Waals surface area contributed by atoms with Crippen molar-refractivity contribution < 1.29 is 4.79 Å². The Balaban J connectivity index is 1.38. The lowest BCUT2D eigenvalue weighted by Crippen LogP contribution is -2.59. The Morgan fingerprint density at radius 1 is 1.16 bits per heavy atom. The quantitative estimate of drug-likeness (QED) is 0.256. The number of carbonyl (C=O) groups excluding carboxylic acids is 1. The maximum Gasteiger partial charge on any atom is 0.278 e. The number of aryl methyl sites for hydroxylation is 1. The van der Waals surface area contributed by atoms with E-state index in [4.69, 9.17) is 0 Å². The van der Waals surface area contributed by atoms with Crippen LogP contribution in [-0.2, 0) is 0 Å². The molecule has 5 aromatic rings. The number of nitrogens with zero attached hydrogens (tertiary/aromatic N) is 6. The van der Waals surface area contributed by atoms with Crippen molar-refractivity contribution in [2.45, 2.75) is 33.0 Å². The maximum atomic E-state index is 13.7. The first-order valence-corrected chi connectivity index (χ1v) is 12.9. The molecule has 0 aliphatic carbocycles. The number of hydrogen-bond acceptors (Lipinski definition) is 9. The van der Waals surface area contributed by atoms with Crippen molar-refractivity contribution in [3.8, 4) is 10.6 Å². The molecular formula is C25H26N10OS. The second-order valence-electron chi connectivity index (χ2n) is 8.83. The van der Waals surface area contributed by atoms with Gasteiger partial charge in [-0.3, -0.25) is 14.4 Å². The van der Waals surface area contributed by atoms with E-state index >= 15 is 0 Å². The molecule has 0 saturated heterocycles. The van der Waals surface area contributed by atoms with E-state index in [0.29, 0.717) is 17.2 Å². The number of fused-ring (bicyclic) bond motifs is 2. The van der Waals surface area contributed by atoms with E-state index in [0.717, 1.165) is 38.9 Å². The third-order valence-corrected chi connectivity index (χ3v) is 7.30. The fourth-order valence-electron chi connectivity index (χ4n) is 4.64. The van der Waals surface area contributed by atoms with Crippen LogP contribution in [0.4, 0.5) is 16.6 Å². The van der Waals surface area contributed by atoms with Crippen LogP contribution >= 0.6 is 11.3 Å². The van der Waals surface area contributed by atoms with Crippen molar-refractivity contribution in [1.29, 1.82) is 0 Å². The third kappa shape index (κ3) is 3.95. The Bertz CT molecular complexity index is 1570. The summed E-state index contributed by atoms with van der Waals surface area (Å²) in [6.07, 6.45) is 4.88. The normalized spacial score (nSPS) is 15.9. The first kappa shape index (κ1) is 23.0. The van der Waals surface area contributed by atoms with E-state index in [1.54, 1.807) is 9.58 Å². The van der Waals surface area contributed by atoms with Crippen molar-refractivity contribution >= 4 is 44.9 Å². The highest BCUT2D eigenvalue weighted by atomic mass is 32.1. The van der Waals surface area contributed by atoms with Gasteiger partial charge < -0.3 is 21.0 Å². The van der Waals surface area contributed by atoms with Gasteiger partial charge in [0.1, 0.15) is 29.7 Å². The van der Waals surface area contributed by atoms with Crippen molar-refractivity contribution in [3.05, 3.63) is 66.4 Å². The number of amides is 1. The Morgan fingerprint density at radius 2 is 2.00 bits per heavy atom. The fraction of sp³-hybridized carbons (Fsp3) is 0.240. The van der Waals surface area contributed by atoms with Gasteiger partial charge in [-0.15, -0.1) is 10.2 Å². The summed E-state index contributed by atoms with van der Waals surface area (Å²) in [5.74, 6) is 0.580. The Morgan fingerprint density at radius 3 is 2.81 bits per heavy atom. The van der Waals surface area contributed by atoms with E-state index in [9.17, 15) is 4.79 Å². The maximum absolute atomic E-state index is 13.7. The van der Waals surface area contributed by atoms with Gasteiger partial charge >= 0.3 is 0 Å². The lowest BCUT2D eigenvalue weighted by molar-refractivity contribution is 0.0954. The minimum atomic E-state index is -0.400. The van der Waals surface area contributed by atoms with E-state index in [2.05, 4.69) is 41.2 Å². The summed E-state index contributed by atoms with van der Waals surface area (Å²) in [4.78, 5) is 27.7. The SMILES string of the molecule is CCNc1nnc(-c2c[nH]c3ncnc(N[C@@H](C)C4Nn5ccc(C)c5C(=O)N4c4ccccc4)c23)s1. The molecule has 0 radical (unpaired) electrons. The number of aromatic amines is 1. The number of H-pyrrole nitrogens is 1. The third-order valence-electron chi connectivity index (χ3n) is 6.38. The smallest absolute Gasteiger partial charge is 0.278 e. The van der Waals surface area contributed by atoms with Gasteiger partial charge in [0.15, 0.2) is 5.01 Å². The minimum Gasteiger partial charge on any atom is -0.363 e. The van der Waals surface area contributed by atoms with Gasteiger partial charge in [0.2, 0.25) is 5.13 Å². The lowest BCUT2D eigenvalue weighted by atomic mass is 10.1. The van der Waals surface area contributed by atoms with Crippen molar-refractivity contribution in [2.75, 3.05) is 27.5 Å². The fourth-order valence-corrected chi connectivity index (χ4v) is 5.48. The van der Waals surface area contributed by atoms with Crippen LogP contribution in [-0.4, -0.2) is 54.5 Å². The lowest BCUT2D eigenvalue weighted by Gasteiger charge is -2.41. The number of nitrogens with one attached hydrogen (secondary N) is 4. The summed E-state index contributed by atoms with van der Waals surface area (Å²) in [5, 5.41) is 17.7. The standard InChI is InChI=1S/C25H26N10OS/c1-4-26-25-32-31-23(37-25)17-12-27-20-18(17)21(29-13-28-20)30-15(3)22-33-34-11-10-14(2)19(34)24(36)35(22)16-8-6-5-7-9-16/h5-13,15,22,33H,4H2,1-3H3,(H,26,32)(H2,27,28,29,30)/t15-,22?/m0/s1. The molecule has 5 heterocycles. The van der Waals surface area contributed by atoms with Gasteiger partial charge in [0.25, 0.3) is 5.91 Å². The summed E-state index contributed by atoms with van der Waals surface area (Å²) < 4.78 is 1.81. The summed E-state index contributed by atoms with van der Waals surface area (Å²) in [5.41, 5.74) is 7.41. The van der Waals surface area contributed by atoms with Gasteiger partial charge in [-0.25, -0.2) is 9.97 Å². The summed E-state index contributed by atoms with van der Waals surface area (Å²) in [7, 11) is 0. The highest BCUT2D eigenvalue weighted by Crippen LogP contribution is 2.35. The summed E-state index contributed by atoms with van der Waals surface area (Å²) >= 11 is 1.47. The van der Waals surface area contributed by atoms with Crippen molar-refractivity contribution in [2.24, 2.45) is 0 Å². The van der Waals surface area contributed by atoms with Gasteiger partial charge in [0, 0.05) is 30.2 Å². The van der Waals surface area contributed by atoms with E-state index in [1.165, 1.54) is 17.7 Å². The molecule has 1 unspecified atom stereocenters. The van der Waals surface area contributed by atoms with Gasteiger partial charge in [0.05, 0.1) is 11.4 Å². The molecule has 6 rings (SSSR count). The van der Waals surface area contributed by atoms with Crippen LogP contribution < -0.4 is 21.0 Å². The first-order valence-electron chi connectivity index (χ1n) is 12.0. The molecule has 2 atom stereocenters. The molecule has 0 saturated carbocycles. The average Bonchev–Trinajstić information content (AvgIpc) is 3.64. The van der Waals surface area contributed by atoms with Crippen LogP contribution in [0.25, 0.3) is 21.6 Å². The number of hydrogen-bond donors (Lipinski definition) is 4. The first-order chi connectivity index (χ1) is 18.0. The van der Waals surface area contributed by atoms with E-state index in [1.807, 2.05) is 69.6 Å². The van der Waals surface area contributed by atoms with E-state index < -0.39 is 6.17 Å². The molecule has 0 spiro atoms. The van der Waals surface area contributed by atoms with Crippen LogP contribution in [0.3, 0.4) is 0 Å². The van der Waals surface area contributed by atoms with Crippen molar-refractivity contribution in [3.63, 3.8) is 0 Å². The molecule has 4 N–H and O–H groups in total. The number of rotatable bonds is 7. The number of aromatic nitrogens is 6. The monoisotopic (exact) mass is 514 g/mol. The van der Waals surface area contributed by atoms with E-state index in [-0.39, 0.29) is 11.9 Å². The second-order valence-corrected chi connectivity index (χ2v) is 9.80. The van der Waals surface area contributed by atoms with Crippen LogP contribution in [0.5, 0.6) is 0 Å². The Labute approximate surface area is 216 Å². The topological polar surface area (TPSA) is 129 Å². The van der Waals surface area contributed by atoms with Crippen LogP contribution in [0.2, 0.25) is 0 Å². The number of carbonyl (C=O) groups is 1. The van der Waals surface area contributed by atoms with Gasteiger partial charge in [-0.05, 0) is 44.5 Å². The molecule has 11 nitrogen and oxygen atoms in total. The largest absolute Gasteiger partial charge is 0.363 e. The molecule has 188 valence electrons. The molecule has 1 amide bonds. The number of para-hydroxylation sites is 1. The highest BCUT2D eigenvalue weighted by molar-refractivity contribution is 7.18. The zero-order chi connectivity index (χ0) is 25.5. The second kappa shape index (κ2) is 9.21. The summed E-state index contributed by atoms with van der Waals surface area (Å²) in [6.45, 7) is 6.75. The summed E-state index contributed by atoms with van der Waals surface area (Å²) in [6, 6.07) is 11.4.